The van der Waals surface area contributed by atoms with Crippen LogP contribution < -0.4 is 10.6 Å². The molecule has 1 aliphatic heterocycles. The highest BCUT2D eigenvalue weighted by Gasteiger charge is 2.38. The number of nitrogens with zero attached hydrogens (tertiary/aromatic N) is 2. The van der Waals surface area contributed by atoms with Crippen LogP contribution in [0.1, 0.15) is 59.8 Å². The fraction of sp³-hybridized carbons (Fsp3) is 0.941. The largest absolute Gasteiger partial charge is 0.357 e. The summed E-state index contributed by atoms with van der Waals surface area (Å²) in [5.41, 5.74) is 0. The zero-order valence-electron chi connectivity index (χ0n) is 14.4. The molecule has 122 valence electrons. The smallest absolute Gasteiger partial charge is 0.191 e. The van der Waals surface area contributed by atoms with Gasteiger partial charge in [-0.2, -0.15) is 0 Å². The zero-order chi connectivity index (χ0) is 15.2. The van der Waals surface area contributed by atoms with Gasteiger partial charge in [0.1, 0.15) is 0 Å². The van der Waals surface area contributed by atoms with E-state index in [-0.39, 0.29) is 0 Å². The lowest BCUT2D eigenvalue weighted by molar-refractivity contribution is 0.256. The summed E-state index contributed by atoms with van der Waals surface area (Å²) in [7, 11) is 0. The molecule has 2 unspecified atom stereocenters. The van der Waals surface area contributed by atoms with E-state index < -0.39 is 0 Å². The van der Waals surface area contributed by atoms with E-state index in [9.17, 15) is 0 Å². The predicted octanol–water partition coefficient (Wildman–Crippen LogP) is 2.60. The Balaban J connectivity index is 1.85. The summed E-state index contributed by atoms with van der Waals surface area (Å²) >= 11 is 0. The molecule has 2 rings (SSSR count). The molecule has 0 radical (unpaired) electrons. The fourth-order valence-electron chi connectivity index (χ4n) is 3.36. The number of aliphatic imine (C=N–C) groups is 1. The van der Waals surface area contributed by atoms with E-state index in [0.29, 0.717) is 12.0 Å². The molecule has 2 atom stereocenters. The Morgan fingerprint density at radius 1 is 1.24 bits per heavy atom. The lowest BCUT2D eigenvalue weighted by Crippen LogP contribution is -2.45. The van der Waals surface area contributed by atoms with Crippen molar-refractivity contribution in [3.8, 4) is 0 Å². The molecule has 4 nitrogen and oxygen atoms in total. The highest BCUT2D eigenvalue weighted by atomic mass is 15.3. The van der Waals surface area contributed by atoms with Crippen molar-refractivity contribution in [2.24, 2.45) is 10.9 Å². The predicted molar refractivity (Wildman–Crippen MR) is 90.8 cm³/mol. The molecule has 1 aliphatic carbocycles. The summed E-state index contributed by atoms with van der Waals surface area (Å²) in [4.78, 5) is 7.49. The minimum absolute atomic E-state index is 0.556. The number of guanidine groups is 1. The van der Waals surface area contributed by atoms with Gasteiger partial charge in [0.2, 0.25) is 0 Å². The lowest BCUT2D eigenvalue weighted by Gasteiger charge is -2.20. The van der Waals surface area contributed by atoms with E-state index >= 15 is 0 Å². The third-order valence-corrected chi connectivity index (χ3v) is 4.99. The van der Waals surface area contributed by atoms with Crippen molar-refractivity contribution in [2.75, 3.05) is 19.6 Å². The lowest BCUT2D eigenvalue weighted by atomic mass is 10.0. The van der Waals surface area contributed by atoms with Crippen LogP contribution >= 0.6 is 0 Å². The average molecular weight is 294 g/mol. The van der Waals surface area contributed by atoms with Crippen molar-refractivity contribution in [1.29, 1.82) is 0 Å². The normalized spacial score (nSPS) is 27.4. The fourth-order valence-corrected chi connectivity index (χ4v) is 3.36. The summed E-state index contributed by atoms with van der Waals surface area (Å²) < 4.78 is 0. The van der Waals surface area contributed by atoms with Crippen LogP contribution in [-0.4, -0.2) is 48.6 Å². The second-order valence-electron chi connectivity index (χ2n) is 6.76. The Morgan fingerprint density at radius 3 is 2.52 bits per heavy atom. The molecule has 0 bridgehead atoms. The van der Waals surface area contributed by atoms with Gasteiger partial charge in [0, 0.05) is 37.8 Å². The van der Waals surface area contributed by atoms with Gasteiger partial charge in [-0.15, -0.1) is 0 Å². The number of likely N-dealkylation sites (tertiary alicyclic amines) is 1. The molecule has 1 heterocycles. The summed E-state index contributed by atoms with van der Waals surface area (Å²) in [5, 5.41) is 7.07. The molecular weight excluding hydrogens is 260 g/mol. The standard InChI is InChI=1S/C17H34N4/c1-5-14(6-2)11-19-17(18-7-3)20-15-10-13(4)21(12-15)16-8-9-16/h13-16H,5-12H2,1-4H3,(H2,18,19,20). The highest BCUT2D eigenvalue weighted by Crippen LogP contribution is 2.33. The molecule has 0 spiro atoms. The SMILES string of the molecule is CCNC(=NCC(CC)CC)NC1CC(C)N(C2CC2)C1. The molecule has 2 aliphatic rings. The highest BCUT2D eigenvalue weighted by molar-refractivity contribution is 5.80. The van der Waals surface area contributed by atoms with E-state index in [1.165, 1.54) is 38.6 Å². The second kappa shape index (κ2) is 8.02. The molecule has 1 saturated carbocycles. The maximum absolute atomic E-state index is 4.81. The molecule has 1 saturated heterocycles. The molecule has 2 fully saturated rings. The minimum Gasteiger partial charge on any atom is -0.357 e. The Bertz CT molecular complexity index is 334. The van der Waals surface area contributed by atoms with Crippen LogP contribution in [0.4, 0.5) is 0 Å². The molecule has 0 aromatic carbocycles. The van der Waals surface area contributed by atoms with E-state index in [0.717, 1.165) is 31.1 Å². The van der Waals surface area contributed by atoms with Crippen LogP contribution in [-0.2, 0) is 0 Å². The van der Waals surface area contributed by atoms with Crippen LogP contribution in [0.15, 0.2) is 4.99 Å². The van der Waals surface area contributed by atoms with Crippen molar-refractivity contribution < 1.29 is 0 Å². The monoisotopic (exact) mass is 294 g/mol. The maximum atomic E-state index is 4.81. The first kappa shape index (κ1) is 16.6. The molecule has 21 heavy (non-hydrogen) atoms. The summed E-state index contributed by atoms with van der Waals surface area (Å²) in [6, 6.07) is 2.15. The Kier molecular flexibility index (Phi) is 6.34. The van der Waals surface area contributed by atoms with Gasteiger partial charge in [0.25, 0.3) is 0 Å². The molecular formula is C17H34N4. The molecule has 0 amide bonds. The Hall–Kier alpha value is -0.770. The van der Waals surface area contributed by atoms with E-state index in [1.54, 1.807) is 0 Å². The Labute approximate surface area is 130 Å². The van der Waals surface area contributed by atoms with Crippen molar-refractivity contribution in [1.82, 2.24) is 15.5 Å². The van der Waals surface area contributed by atoms with Gasteiger partial charge in [-0.3, -0.25) is 9.89 Å². The van der Waals surface area contributed by atoms with Gasteiger partial charge in [-0.25, -0.2) is 0 Å². The first-order valence-electron chi connectivity index (χ1n) is 8.98. The first-order chi connectivity index (χ1) is 10.2. The summed E-state index contributed by atoms with van der Waals surface area (Å²) in [6.07, 6.45) is 6.48. The average Bonchev–Trinajstić information content (AvgIpc) is 3.24. The first-order valence-corrected chi connectivity index (χ1v) is 8.98. The maximum Gasteiger partial charge on any atom is 0.191 e. The van der Waals surface area contributed by atoms with Crippen LogP contribution in [0.25, 0.3) is 0 Å². The van der Waals surface area contributed by atoms with Crippen molar-refractivity contribution in [2.45, 2.75) is 77.9 Å². The third kappa shape index (κ3) is 4.87. The van der Waals surface area contributed by atoms with Crippen molar-refractivity contribution >= 4 is 5.96 Å². The second-order valence-corrected chi connectivity index (χ2v) is 6.76. The van der Waals surface area contributed by atoms with Gasteiger partial charge >= 0.3 is 0 Å². The molecule has 2 N–H and O–H groups in total. The van der Waals surface area contributed by atoms with Crippen LogP contribution in [0.2, 0.25) is 0 Å². The van der Waals surface area contributed by atoms with Crippen LogP contribution in [0, 0.1) is 5.92 Å². The summed E-state index contributed by atoms with van der Waals surface area (Å²) in [6.45, 7) is 12.1. The van der Waals surface area contributed by atoms with Gasteiger partial charge < -0.3 is 10.6 Å². The van der Waals surface area contributed by atoms with Gasteiger partial charge in [-0.05, 0) is 39.0 Å². The van der Waals surface area contributed by atoms with Crippen LogP contribution in [0.3, 0.4) is 0 Å². The van der Waals surface area contributed by atoms with E-state index in [1.807, 2.05) is 0 Å². The van der Waals surface area contributed by atoms with E-state index in [2.05, 4.69) is 43.2 Å². The molecule has 0 aromatic heterocycles. The minimum atomic E-state index is 0.556. The van der Waals surface area contributed by atoms with Gasteiger partial charge in [0.15, 0.2) is 5.96 Å². The number of rotatable bonds is 7. The third-order valence-electron chi connectivity index (χ3n) is 4.99. The Morgan fingerprint density at radius 2 is 1.95 bits per heavy atom. The van der Waals surface area contributed by atoms with Crippen molar-refractivity contribution in [3.05, 3.63) is 0 Å². The summed E-state index contributed by atoms with van der Waals surface area (Å²) in [5.74, 6) is 1.73. The van der Waals surface area contributed by atoms with Gasteiger partial charge in [0.05, 0.1) is 0 Å². The number of hydrogen-bond acceptors (Lipinski definition) is 2. The zero-order valence-corrected chi connectivity index (χ0v) is 14.4. The number of hydrogen-bond donors (Lipinski definition) is 2. The van der Waals surface area contributed by atoms with E-state index in [4.69, 9.17) is 4.99 Å². The van der Waals surface area contributed by atoms with Crippen LogP contribution in [0.5, 0.6) is 0 Å². The quantitative estimate of drug-likeness (QED) is 0.560. The van der Waals surface area contributed by atoms with Gasteiger partial charge in [-0.1, -0.05) is 26.7 Å². The number of nitrogens with one attached hydrogen (secondary N) is 2. The molecule has 4 heteroatoms. The van der Waals surface area contributed by atoms with Crippen molar-refractivity contribution in [3.63, 3.8) is 0 Å². The molecule has 0 aromatic rings. The topological polar surface area (TPSA) is 39.7 Å².